The van der Waals surface area contributed by atoms with Crippen LogP contribution in [0.4, 0.5) is 5.82 Å². The van der Waals surface area contributed by atoms with Gasteiger partial charge in [-0.05, 0) is 18.6 Å². The van der Waals surface area contributed by atoms with Crippen molar-refractivity contribution in [3.05, 3.63) is 35.3 Å². The van der Waals surface area contributed by atoms with E-state index in [-0.39, 0.29) is 6.04 Å². The first-order valence-corrected chi connectivity index (χ1v) is 14.7. The molecule has 0 spiro atoms. The van der Waals surface area contributed by atoms with E-state index >= 15 is 0 Å². The minimum atomic E-state index is -3.20. The molecule has 10 nitrogen and oxygen atoms in total. The van der Waals surface area contributed by atoms with Crippen molar-refractivity contribution in [1.29, 1.82) is 0 Å². The van der Waals surface area contributed by atoms with E-state index < -0.39 is 10.0 Å². The fourth-order valence-electron chi connectivity index (χ4n) is 5.06. The van der Waals surface area contributed by atoms with Gasteiger partial charge in [-0.2, -0.15) is 5.10 Å². The summed E-state index contributed by atoms with van der Waals surface area (Å²) in [4.78, 5) is 15.9. The molecule has 2 aliphatic rings. The third kappa shape index (κ3) is 4.48. The summed E-state index contributed by atoms with van der Waals surface area (Å²) < 4.78 is 32.1. The zero-order valence-electron chi connectivity index (χ0n) is 20.3. The van der Waals surface area contributed by atoms with Crippen molar-refractivity contribution in [2.75, 3.05) is 57.6 Å². The molecule has 190 valence electrons. The molecule has 0 aliphatic carbocycles. The molecular weight excluding hydrogens is 498 g/mol. The number of aromatic nitrogens is 4. The Morgan fingerprint density at radius 3 is 2.86 bits per heavy atom. The molecule has 0 radical (unpaired) electrons. The standard InChI is InChI=1S/C24H29N7O3S2/c1-29(36(2,32)33)16-6-7-30(14-16)15-17-12-21-22(35-17)24(31-8-10-34-11-9-31)27-23(26-21)18-4-3-5-20-19(18)13-25-28-20/h3-5,12-13,16H,6-11,14-15H2,1-2H3,(H,25,28). The van der Waals surface area contributed by atoms with Crippen LogP contribution < -0.4 is 4.90 Å². The summed E-state index contributed by atoms with van der Waals surface area (Å²) in [5, 5.41) is 8.24. The highest BCUT2D eigenvalue weighted by Crippen LogP contribution is 2.36. The number of morpholine rings is 1. The van der Waals surface area contributed by atoms with Gasteiger partial charge in [-0.1, -0.05) is 12.1 Å². The minimum Gasteiger partial charge on any atom is -0.378 e. The number of likely N-dealkylation sites (tertiary alicyclic amines) is 1. The number of anilines is 1. The fraction of sp³-hybridized carbons (Fsp3) is 0.458. The number of fused-ring (bicyclic) bond motifs is 2. The summed E-state index contributed by atoms with van der Waals surface area (Å²) in [7, 11) is -1.52. The zero-order valence-corrected chi connectivity index (χ0v) is 22.0. The zero-order chi connectivity index (χ0) is 24.9. The molecule has 2 fully saturated rings. The fourth-order valence-corrected chi connectivity index (χ4v) is 6.93. The van der Waals surface area contributed by atoms with Gasteiger partial charge in [-0.15, -0.1) is 11.3 Å². The molecule has 1 N–H and O–H groups in total. The van der Waals surface area contributed by atoms with Gasteiger partial charge in [0, 0.05) is 61.6 Å². The van der Waals surface area contributed by atoms with Crippen LogP contribution >= 0.6 is 11.3 Å². The van der Waals surface area contributed by atoms with Gasteiger partial charge < -0.3 is 9.64 Å². The first-order chi connectivity index (χ1) is 17.4. The molecule has 2 saturated heterocycles. The maximum atomic E-state index is 12.0. The Bertz CT molecular complexity index is 1510. The quantitative estimate of drug-likeness (QED) is 0.408. The minimum absolute atomic E-state index is 0.0140. The van der Waals surface area contributed by atoms with E-state index in [4.69, 9.17) is 14.7 Å². The number of likely N-dealkylation sites (N-methyl/N-ethyl adjacent to an activating group) is 1. The molecule has 0 bridgehead atoms. The Morgan fingerprint density at radius 2 is 2.06 bits per heavy atom. The van der Waals surface area contributed by atoms with Crippen molar-refractivity contribution in [3.63, 3.8) is 0 Å². The normalized spacial score (nSPS) is 19.8. The summed E-state index contributed by atoms with van der Waals surface area (Å²) >= 11 is 1.73. The van der Waals surface area contributed by atoms with Gasteiger partial charge in [-0.3, -0.25) is 10.00 Å². The number of H-pyrrole nitrogens is 1. The Labute approximate surface area is 213 Å². The Balaban J connectivity index is 1.35. The Hall–Kier alpha value is -2.64. The van der Waals surface area contributed by atoms with Gasteiger partial charge >= 0.3 is 0 Å². The molecule has 2 aliphatic heterocycles. The summed E-state index contributed by atoms with van der Waals surface area (Å²) in [5.74, 6) is 1.64. The second kappa shape index (κ2) is 9.34. The molecule has 36 heavy (non-hydrogen) atoms. The smallest absolute Gasteiger partial charge is 0.211 e. The maximum absolute atomic E-state index is 12.0. The first kappa shape index (κ1) is 23.7. The number of hydrogen-bond acceptors (Lipinski definition) is 9. The molecule has 1 atom stereocenters. The molecule has 1 aromatic carbocycles. The number of benzene rings is 1. The summed E-state index contributed by atoms with van der Waals surface area (Å²) in [6.07, 6.45) is 3.93. The summed E-state index contributed by atoms with van der Waals surface area (Å²) in [5.41, 5.74) is 2.85. The topological polar surface area (TPSA) is 108 Å². The molecule has 4 aromatic rings. The van der Waals surface area contributed by atoms with Gasteiger partial charge in [0.1, 0.15) is 0 Å². The predicted octanol–water partition coefficient (Wildman–Crippen LogP) is 2.54. The molecule has 1 unspecified atom stereocenters. The van der Waals surface area contributed by atoms with Crippen molar-refractivity contribution < 1.29 is 13.2 Å². The van der Waals surface area contributed by atoms with Crippen LogP contribution in [0.3, 0.4) is 0 Å². The van der Waals surface area contributed by atoms with Crippen molar-refractivity contribution in [2.45, 2.75) is 19.0 Å². The number of sulfonamides is 1. The van der Waals surface area contributed by atoms with Gasteiger partial charge in [0.15, 0.2) is 11.6 Å². The van der Waals surface area contributed by atoms with Crippen LogP contribution in [0.25, 0.3) is 32.5 Å². The van der Waals surface area contributed by atoms with Crippen LogP contribution in [0.15, 0.2) is 30.5 Å². The third-order valence-electron chi connectivity index (χ3n) is 7.11. The number of nitrogens with zero attached hydrogens (tertiary/aromatic N) is 6. The number of nitrogens with one attached hydrogen (secondary N) is 1. The highest BCUT2D eigenvalue weighted by molar-refractivity contribution is 7.88. The second-order valence-corrected chi connectivity index (χ2v) is 12.7. The number of thiophene rings is 1. The SMILES string of the molecule is CN(C1CCN(Cc2cc3nc(-c4cccc5[nH]ncc45)nc(N4CCOCC4)c3s2)C1)S(C)(=O)=O. The van der Waals surface area contributed by atoms with Crippen molar-refractivity contribution in [3.8, 4) is 11.4 Å². The van der Waals surface area contributed by atoms with Gasteiger partial charge in [0.25, 0.3) is 0 Å². The van der Waals surface area contributed by atoms with Crippen LogP contribution in [0.5, 0.6) is 0 Å². The van der Waals surface area contributed by atoms with Gasteiger partial charge in [0.2, 0.25) is 10.0 Å². The lowest BCUT2D eigenvalue weighted by Gasteiger charge is -2.28. The highest BCUT2D eigenvalue weighted by atomic mass is 32.2. The molecule has 6 rings (SSSR count). The average Bonchev–Trinajstić information content (AvgIpc) is 3.62. The Kier molecular flexibility index (Phi) is 6.16. The van der Waals surface area contributed by atoms with E-state index in [9.17, 15) is 8.42 Å². The first-order valence-electron chi connectivity index (χ1n) is 12.1. The number of ether oxygens (including phenoxy) is 1. The van der Waals surface area contributed by atoms with E-state index in [1.807, 2.05) is 24.4 Å². The van der Waals surface area contributed by atoms with E-state index in [1.54, 1.807) is 18.4 Å². The Morgan fingerprint density at radius 1 is 1.22 bits per heavy atom. The van der Waals surface area contributed by atoms with Crippen molar-refractivity contribution in [1.82, 2.24) is 29.4 Å². The highest BCUT2D eigenvalue weighted by Gasteiger charge is 2.30. The number of rotatable bonds is 6. The van der Waals surface area contributed by atoms with Gasteiger partial charge in [-0.25, -0.2) is 22.7 Å². The maximum Gasteiger partial charge on any atom is 0.211 e. The molecule has 0 amide bonds. The van der Waals surface area contributed by atoms with Crippen LogP contribution in [0.2, 0.25) is 0 Å². The molecular formula is C24H29N7O3S2. The van der Waals surface area contributed by atoms with Crippen molar-refractivity contribution >= 4 is 48.3 Å². The van der Waals surface area contributed by atoms with Crippen LogP contribution in [-0.4, -0.2) is 96.5 Å². The van der Waals surface area contributed by atoms with E-state index in [2.05, 4.69) is 26.1 Å². The molecule has 3 aromatic heterocycles. The average molecular weight is 528 g/mol. The molecule has 12 heteroatoms. The lowest BCUT2D eigenvalue weighted by Crippen LogP contribution is -2.38. The van der Waals surface area contributed by atoms with Crippen molar-refractivity contribution in [2.24, 2.45) is 0 Å². The van der Waals surface area contributed by atoms with E-state index in [0.717, 1.165) is 71.6 Å². The monoisotopic (exact) mass is 527 g/mol. The largest absolute Gasteiger partial charge is 0.378 e. The van der Waals surface area contributed by atoms with Crippen LogP contribution in [0.1, 0.15) is 11.3 Å². The van der Waals surface area contributed by atoms with Gasteiger partial charge in [0.05, 0.1) is 41.4 Å². The number of aromatic amines is 1. The lowest BCUT2D eigenvalue weighted by molar-refractivity contribution is 0.122. The van der Waals surface area contributed by atoms with E-state index in [1.165, 1.54) is 15.4 Å². The van der Waals surface area contributed by atoms with Crippen LogP contribution in [0, 0.1) is 0 Å². The third-order valence-corrected chi connectivity index (χ3v) is 9.55. The summed E-state index contributed by atoms with van der Waals surface area (Å²) in [6.45, 7) is 5.31. The van der Waals surface area contributed by atoms with E-state index in [0.29, 0.717) is 19.0 Å². The second-order valence-electron chi connectivity index (χ2n) is 9.49. The predicted molar refractivity (Wildman–Crippen MR) is 142 cm³/mol. The van der Waals surface area contributed by atoms with Crippen LogP contribution in [-0.2, 0) is 21.3 Å². The summed E-state index contributed by atoms with van der Waals surface area (Å²) in [6, 6.07) is 8.21. The lowest BCUT2D eigenvalue weighted by atomic mass is 10.1. The molecule has 0 saturated carbocycles. The number of hydrogen-bond donors (Lipinski definition) is 1. The molecule has 5 heterocycles.